The second kappa shape index (κ2) is 8.07. The zero-order chi connectivity index (χ0) is 18.6. The minimum atomic E-state index is -0.254. The molecule has 138 valence electrons. The first-order chi connectivity index (χ1) is 13.2. The van der Waals surface area contributed by atoms with Gasteiger partial charge in [0.1, 0.15) is 0 Å². The molecule has 0 saturated heterocycles. The summed E-state index contributed by atoms with van der Waals surface area (Å²) in [5, 5.41) is 5.70. The molecule has 3 nitrogen and oxygen atoms in total. The molecule has 1 amide bonds. The van der Waals surface area contributed by atoms with Gasteiger partial charge in [0.25, 0.3) is 0 Å². The van der Waals surface area contributed by atoms with Gasteiger partial charge in [0, 0.05) is 18.0 Å². The highest BCUT2D eigenvalue weighted by Gasteiger charge is 2.27. The summed E-state index contributed by atoms with van der Waals surface area (Å²) in [6, 6.07) is 22.5. The van der Waals surface area contributed by atoms with Gasteiger partial charge in [-0.05, 0) is 41.5 Å². The van der Waals surface area contributed by atoms with E-state index in [1.165, 1.54) is 21.6 Å². The monoisotopic (exact) mass is 376 g/mol. The first kappa shape index (κ1) is 18.0. The fourth-order valence-corrected chi connectivity index (χ4v) is 4.60. The number of rotatable bonds is 5. The molecule has 1 aliphatic rings. The number of thiophene rings is 1. The summed E-state index contributed by atoms with van der Waals surface area (Å²) in [5.41, 5.74) is 3.64. The standard InChI is InChI=1S/C23H24N2OS/c1-17(23(26)25-14-12-21-20(16-25)13-15-27-21)24-22(18-8-4-2-5-9-18)19-10-6-3-7-11-19/h2-11,13,15,17,22,24H,12,14,16H2,1H3. The number of nitrogens with zero attached hydrogens (tertiary/aromatic N) is 1. The van der Waals surface area contributed by atoms with Crippen LogP contribution in [0.1, 0.15) is 34.5 Å². The molecule has 4 heteroatoms. The van der Waals surface area contributed by atoms with Gasteiger partial charge in [-0.15, -0.1) is 11.3 Å². The molecule has 1 atom stereocenters. The van der Waals surface area contributed by atoms with Crippen molar-refractivity contribution in [2.45, 2.75) is 32.0 Å². The van der Waals surface area contributed by atoms with E-state index in [2.05, 4.69) is 41.0 Å². The Morgan fingerprint density at radius 2 is 1.63 bits per heavy atom. The Morgan fingerprint density at radius 1 is 1.00 bits per heavy atom. The maximum absolute atomic E-state index is 13.1. The van der Waals surface area contributed by atoms with Gasteiger partial charge in [-0.25, -0.2) is 0 Å². The average Bonchev–Trinajstić information content (AvgIpc) is 3.20. The van der Waals surface area contributed by atoms with Gasteiger partial charge in [-0.1, -0.05) is 60.7 Å². The molecule has 0 saturated carbocycles. The Hall–Kier alpha value is -2.43. The quantitative estimate of drug-likeness (QED) is 0.716. The van der Waals surface area contributed by atoms with Crippen molar-refractivity contribution in [2.75, 3.05) is 6.54 Å². The van der Waals surface area contributed by atoms with E-state index in [-0.39, 0.29) is 18.0 Å². The fourth-order valence-electron chi connectivity index (χ4n) is 3.71. The molecule has 1 N–H and O–H groups in total. The lowest BCUT2D eigenvalue weighted by Crippen LogP contribution is -2.47. The predicted octanol–water partition coefficient (Wildman–Crippen LogP) is 4.40. The number of fused-ring (bicyclic) bond motifs is 1. The van der Waals surface area contributed by atoms with Gasteiger partial charge in [0.05, 0.1) is 12.1 Å². The summed E-state index contributed by atoms with van der Waals surface area (Å²) in [6.45, 7) is 3.51. The van der Waals surface area contributed by atoms with E-state index >= 15 is 0 Å². The lowest BCUT2D eigenvalue weighted by atomic mass is 9.97. The predicted molar refractivity (Wildman–Crippen MR) is 111 cm³/mol. The number of hydrogen-bond acceptors (Lipinski definition) is 3. The molecule has 2 heterocycles. The van der Waals surface area contributed by atoms with Crippen molar-refractivity contribution in [3.63, 3.8) is 0 Å². The van der Waals surface area contributed by atoms with Gasteiger partial charge in [0.15, 0.2) is 0 Å². The Morgan fingerprint density at radius 3 is 2.26 bits per heavy atom. The average molecular weight is 377 g/mol. The number of benzene rings is 2. The second-order valence-electron chi connectivity index (χ2n) is 7.02. The third-order valence-electron chi connectivity index (χ3n) is 5.17. The number of amides is 1. The van der Waals surface area contributed by atoms with Crippen molar-refractivity contribution >= 4 is 17.2 Å². The van der Waals surface area contributed by atoms with E-state index in [1.54, 1.807) is 11.3 Å². The topological polar surface area (TPSA) is 32.3 Å². The molecule has 0 fully saturated rings. The van der Waals surface area contributed by atoms with Crippen LogP contribution < -0.4 is 5.32 Å². The third kappa shape index (κ3) is 3.97. The third-order valence-corrected chi connectivity index (χ3v) is 6.20. The number of carbonyl (C=O) groups is 1. The fraction of sp³-hybridized carbons (Fsp3) is 0.261. The molecular formula is C23H24N2OS. The summed E-state index contributed by atoms with van der Waals surface area (Å²) in [5.74, 6) is 0.170. The van der Waals surface area contributed by atoms with Crippen LogP contribution in [0.25, 0.3) is 0 Å². The second-order valence-corrected chi connectivity index (χ2v) is 8.02. The van der Waals surface area contributed by atoms with Crippen LogP contribution in [0.4, 0.5) is 0 Å². The summed E-state index contributed by atoms with van der Waals surface area (Å²) < 4.78 is 0. The van der Waals surface area contributed by atoms with Gasteiger partial charge in [-0.3, -0.25) is 10.1 Å². The summed E-state index contributed by atoms with van der Waals surface area (Å²) in [4.78, 5) is 16.5. The summed E-state index contributed by atoms with van der Waals surface area (Å²) in [7, 11) is 0. The summed E-state index contributed by atoms with van der Waals surface area (Å²) >= 11 is 1.80. The summed E-state index contributed by atoms with van der Waals surface area (Å²) in [6.07, 6.45) is 0.965. The molecule has 27 heavy (non-hydrogen) atoms. The molecule has 0 aliphatic carbocycles. The van der Waals surface area contributed by atoms with E-state index in [0.717, 1.165) is 19.5 Å². The van der Waals surface area contributed by atoms with Gasteiger partial charge < -0.3 is 4.90 Å². The van der Waals surface area contributed by atoms with Crippen molar-refractivity contribution in [3.8, 4) is 0 Å². The van der Waals surface area contributed by atoms with Crippen LogP contribution in [0.3, 0.4) is 0 Å². The minimum Gasteiger partial charge on any atom is -0.337 e. The van der Waals surface area contributed by atoms with Crippen LogP contribution in [0.2, 0.25) is 0 Å². The first-order valence-electron chi connectivity index (χ1n) is 9.42. The van der Waals surface area contributed by atoms with Crippen molar-refractivity contribution < 1.29 is 4.79 Å². The lowest BCUT2D eigenvalue weighted by molar-refractivity contribution is -0.134. The Balaban J connectivity index is 1.52. The van der Waals surface area contributed by atoms with Gasteiger partial charge >= 0.3 is 0 Å². The minimum absolute atomic E-state index is 0.00662. The van der Waals surface area contributed by atoms with Crippen LogP contribution in [0.15, 0.2) is 72.1 Å². The molecule has 3 aromatic rings. The van der Waals surface area contributed by atoms with E-state index < -0.39 is 0 Å². The lowest BCUT2D eigenvalue weighted by Gasteiger charge is -2.31. The Labute approximate surface area is 164 Å². The van der Waals surface area contributed by atoms with Crippen molar-refractivity contribution in [2.24, 2.45) is 0 Å². The molecule has 2 aromatic carbocycles. The highest BCUT2D eigenvalue weighted by atomic mass is 32.1. The molecule has 1 unspecified atom stereocenters. The largest absolute Gasteiger partial charge is 0.337 e. The smallest absolute Gasteiger partial charge is 0.239 e. The highest BCUT2D eigenvalue weighted by molar-refractivity contribution is 7.10. The first-order valence-corrected chi connectivity index (χ1v) is 10.3. The van der Waals surface area contributed by atoms with Gasteiger partial charge in [-0.2, -0.15) is 0 Å². The van der Waals surface area contributed by atoms with Crippen LogP contribution in [0.5, 0.6) is 0 Å². The zero-order valence-corrected chi connectivity index (χ0v) is 16.3. The number of carbonyl (C=O) groups excluding carboxylic acids is 1. The zero-order valence-electron chi connectivity index (χ0n) is 15.5. The van der Waals surface area contributed by atoms with Crippen LogP contribution in [-0.2, 0) is 17.8 Å². The van der Waals surface area contributed by atoms with E-state index in [1.807, 2.05) is 48.2 Å². The number of hydrogen-bond donors (Lipinski definition) is 1. The van der Waals surface area contributed by atoms with Crippen LogP contribution in [-0.4, -0.2) is 23.4 Å². The van der Waals surface area contributed by atoms with Gasteiger partial charge in [0.2, 0.25) is 5.91 Å². The SMILES string of the molecule is CC(NC(c1ccccc1)c1ccccc1)C(=O)N1CCc2sccc2C1. The number of nitrogens with one attached hydrogen (secondary N) is 1. The van der Waals surface area contributed by atoms with Crippen molar-refractivity contribution in [1.82, 2.24) is 10.2 Å². The molecular weight excluding hydrogens is 352 g/mol. The molecule has 1 aliphatic heterocycles. The molecule has 4 rings (SSSR count). The van der Waals surface area contributed by atoms with Crippen molar-refractivity contribution in [1.29, 1.82) is 0 Å². The molecule has 0 spiro atoms. The molecule has 1 aromatic heterocycles. The highest BCUT2D eigenvalue weighted by Crippen LogP contribution is 2.26. The van der Waals surface area contributed by atoms with E-state index in [9.17, 15) is 4.79 Å². The normalized spacial score (nSPS) is 14.8. The Kier molecular flexibility index (Phi) is 5.37. The molecule has 0 bridgehead atoms. The maximum atomic E-state index is 13.1. The van der Waals surface area contributed by atoms with Crippen LogP contribution >= 0.6 is 11.3 Å². The maximum Gasteiger partial charge on any atom is 0.239 e. The molecule has 0 radical (unpaired) electrons. The van der Waals surface area contributed by atoms with E-state index in [4.69, 9.17) is 0 Å². The van der Waals surface area contributed by atoms with Crippen LogP contribution in [0, 0.1) is 0 Å². The van der Waals surface area contributed by atoms with Crippen molar-refractivity contribution in [3.05, 3.63) is 93.7 Å². The Bertz CT molecular complexity index is 852. The van der Waals surface area contributed by atoms with E-state index in [0.29, 0.717) is 0 Å².